The first-order valence-electron chi connectivity index (χ1n) is 4.40. The van der Waals surface area contributed by atoms with Crippen LogP contribution in [0.15, 0.2) is 42.0 Å². The van der Waals surface area contributed by atoms with E-state index in [0.29, 0.717) is 0 Å². The molecule has 0 bridgehead atoms. The van der Waals surface area contributed by atoms with Crippen molar-refractivity contribution in [2.75, 3.05) is 0 Å². The third kappa shape index (κ3) is 1.55. The highest BCUT2D eigenvalue weighted by Crippen LogP contribution is 2.28. The number of hydrogen-bond donors (Lipinski definition) is 0. The summed E-state index contributed by atoms with van der Waals surface area (Å²) in [4.78, 5) is 0. The molecule has 2 rings (SSSR count). The van der Waals surface area contributed by atoms with Crippen molar-refractivity contribution in [2.45, 2.75) is 13.3 Å². The van der Waals surface area contributed by atoms with Crippen LogP contribution >= 0.6 is 0 Å². The predicted molar refractivity (Wildman–Crippen MR) is 52.8 cm³/mol. The van der Waals surface area contributed by atoms with E-state index in [1.165, 1.54) is 23.3 Å². The van der Waals surface area contributed by atoms with Gasteiger partial charge in [0, 0.05) is 0 Å². The molecular weight excluding hydrogens is 163 g/mol. The summed E-state index contributed by atoms with van der Waals surface area (Å²) in [6, 6.07) is 6.65. The normalized spacial score (nSPS) is 15.5. The van der Waals surface area contributed by atoms with Crippen molar-refractivity contribution in [3.63, 3.8) is 0 Å². The van der Waals surface area contributed by atoms with Crippen molar-refractivity contribution < 1.29 is 4.39 Å². The van der Waals surface area contributed by atoms with Crippen LogP contribution in [0.25, 0.3) is 5.57 Å². The molecule has 0 aliphatic heterocycles. The molecule has 1 aliphatic carbocycles. The van der Waals surface area contributed by atoms with Crippen molar-refractivity contribution >= 4 is 5.57 Å². The minimum absolute atomic E-state index is 0.177. The van der Waals surface area contributed by atoms with Gasteiger partial charge in [-0.15, -0.1) is 0 Å². The summed E-state index contributed by atoms with van der Waals surface area (Å²) in [5.74, 6) is -0.177. The molecule has 0 nitrogen and oxygen atoms in total. The molecule has 0 spiro atoms. The van der Waals surface area contributed by atoms with E-state index in [1.54, 1.807) is 0 Å². The maximum atomic E-state index is 12.6. The lowest BCUT2D eigenvalue weighted by molar-refractivity contribution is 0.627. The highest BCUT2D eigenvalue weighted by atomic mass is 19.1. The number of halogens is 1. The van der Waals surface area contributed by atoms with Crippen LogP contribution in [0.3, 0.4) is 0 Å². The first kappa shape index (κ1) is 8.24. The van der Waals surface area contributed by atoms with Crippen LogP contribution in [-0.4, -0.2) is 0 Å². The smallest absolute Gasteiger partial charge is 0.123 e. The van der Waals surface area contributed by atoms with Gasteiger partial charge >= 0.3 is 0 Å². The maximum Gasteiger partial charge on any atom is 0.123 e. The fourth-order valence-corrected chi connectivity index (χ4v) is 1.60. The molecule has 1 aliphatic rings. The predicted octanol–water partition coefficient (Wildman–Crippen LogP) is 3.56. The molecule has 0 radical (unpaired) electrons. The molecule has 1 aromatic carbocycles. The van der Waals surface area contributed by atoms with E-state index in [4.69, 9.17) is 0 Å². The third-order valence-electron chi connectivity index (χ3n) is 2.33. The van der Waals surface area contributed by atoms with Gasteiger partial charge in [-0.2, -0.15) is 0 Å². The molecule has 0 amide bonds. The molecule has 0 aromatic heterocycles. The Morgan fingerprint density at radius 2 is 1.77 bits per heavy atom. The van der Waals surface area contributed by atoms with E-state index < -0.39 is 0 Å². The topological polar surface area (TPSA) is 0 Å². The zero-order valence-corrected chi connectivity index (χ0v) is 7.55. The Kier molecular flexibility index (Phi) is 2.01. The summed E-state index contributed by atoms with van der Waals surface area (Å²) < 4.78 is 12.6. The second-order valence-electron chi connectivity index (χ2n) is 3.25. The fraction of sp³-hybridized carbons (Fsp3) is 0.167. The van der Waals surface area contributed by atoms with Gasteiger partial charge in [0.25, 0.3) is 0 Å². The van der Waals surface area contributed by atoms with E-state index in [2.05, 4.69) is 19.1 Å². The number of rotatable bonds is 1. The molecule has 0 saturated carbocycles. The molecule has 0 heterocycles. The van der Waals surface area contributed by atoms with E-state index in [1.807, 2.05) is 12.1 Å². The minimum Gasteiger partial charge on any atom is -0.207 e. The molecule has 66 valence electrons. The van der Waals surface area contributed by atoms with E-state index >= 15 is 0 Å². The summed E-state index contributed by atoms with van der Waals surface area (Å²) >= 11 is 0. The zero-order valence-electron chi connectivity index (χ0n) is 7.55. The fourth-order valence-electron chi connectivity index (χ4n) is 1.60. The second kappa shape index (κ2) is 3.17. The van der Waals surface area contributed by atoms with Gasteiger partial charge in [0.2, 0.25) is 0 Å². The largest absolute Gasteiger partial charge is 0.207 e. The Hall–Kier alpha value is -1.37. The highest BCUT2D eigenvalue weighted by molar-refractivity contribution is 5.80. The van der Waals surface area contributed by atoms with Crippen LogP contribution in [0.1, 0.15) is 18.9 Å². The summed E-state index contributed by atoms with van der Waals surface area (Å²) in [7, 11) is 0. The summed E-state index contributed by atoms with van der Waals surface area (Å²) in [5.41, 5.74) is 3.62. The number of hydrogen-bond acceptors (Lipinski definition) is 0. The van der Waals surface area contributed by atoms with Crippen LogP contribution in [0.4, 0.5) is 4.39 Å². The molecule has 0 saturated heterocycles. The molecule has 0 fully saturated rings. The van der Waals surface area contributed by atoms with Crippen molar-refractivity contribution in [2.24, 2.45) is 0 Å². The molecule has 1 heteroatoms. The second-order valence-corrected chi connectivity index (χ2v) is 3.25. The van der Waals surface area contributed by atoms with Crippen molar-refractivity contribution in [3.8, 4) is 0 Å². The first-order valence-corrected chi connectivity index (χ1v) is 4.40. The van der Waals surface area contributed by atoms with E-state index in [0.717, 1.165) is 12.0 Å². The molecule has 0 unspecified atom stereocenters. The first-order chi connectivity index (χ1) is 6.27. The summed E-state index contributed by atoms with van der Waals surface area (Å²) in [5, 5.41) is 0. The molecule has 0 atom stereocenters. The SMILES string of the molecule is CC1=CCC=C1c1ccc(F)cc1. The van der Waals surface area contributed by atoms with Gasteiger partial charge in [0.05, 0.1) is 0 Å². The van der Waals surface area contributed by atoms with Gasteiger partial charge in [0.1, 0.15) is 5.82 Å². The summed E-state index contributed by atoms with van der Waals surface area (Å²) in [6.07, 6.45) is 5.35. The van der Waals surface area contributed by atoms with E-state index in [9.17, 15) is 4.39 Å². The minimum atomic E-state index is -0.177. The lowest BCUT2D eigenvalue weighted by Gasteiger charge is -2.03. The van der Waals surface area contributed by atoms with Crippen molar-refractivity contribution in [1.29, 1.82) is 0 Å². The van der Waals surface area contributed by atoms with Gasteiger partial charge in [-0.1, -0.05) is 24.3 Å². The van der Waals surface area contributed by atoms with Crippen LogP contribution in [0.5, 0.6) is 0 Å². The average molecular weight is 174 g/mol. The summed E-state index contributed by atoms with van der Waals surface area (Å²) in [6.45, 7) is 2.09. The number of allylic oxidation sites excluding steroid dienone is 4. The third-order valence-corrected chi connectivity index (χ3v) is 2.33. The molecular formula is C12H11F. The van der Waals surface area contributed by atoms with Crippen LogP contribution in [0.2, 0.25) is 0 Å². The Balaban J connectivity index is 2.37. The van der Waals surface area contributed by atoms with Crippen LogP contribution < -0.4 is 0 Å². The van der Waals surface area contributed by atoms with Crippen molar-refractivity contribution in [3.05, 3.63) is 53.4 Å². The standard InChI is InChI=1S/C12H11F/c1-9-3-2-4-12(9)10-5-7-11(13)8-6-10/h3-8H,2H2,1H3. The van der Waals surface area contributed by atoms with Gasteiger partial charge in [-0.3, -0.25) is 0 Å². The molecule has 0 N–H and O–H groups in total. The monoisotopic (exact) mass is 174 g/mol. The van der Waals surface area contributed by atoms with Crippen molar-refractivity contribution in [1.82, 2.24) is 0 Å². The Bertz CT molecular complexity index is 369. The lowest BCUT2D eigenvalue weighted by Crippen LogP contribution is -1.83. The Labute approximate surface area is 77.4 Å². The Morgan fingerprint density at radius 1 is 1.08 bits per heavy atom. The molecule has 1 aromatic rings. The maximum absolute atomic E-state index is 12.6. The van der Waals surface area contributed by atoms with Crippen LogP contribution in [0, 0.1) is 5.82 Å². The van der Waals surface area contributed by atoms with Gasteiger partial charge in [0.15, 0.2) is 0 Å². The van der Waals surface area contributed by atoms with E-state index in [-0.39, 0.29) is 5.82 Å². The average Bonchev–Trinajstić information content (AvgIpc) is 2.53. The lowest BCUT2D eigenvalue weighted by atomic mass is 10.0. The van der Waals surface area contributed by atoms with Gasteiger partial charge < -0.3 is 0 Å². The van der Waals surface area contributed by atoms with Gasteiger partial charge in [-0.25, -0.2) is 4.39 Å². The van der Waals surface area contributed by atoms with Gasteiger partial charge in [-0.05, 0) is 42.2 Å². The zero-order chi connectivity index (χ0) is 9.26. The quantitative estimate of drug-likeness (QED) is 0.610. The van der Waals surface area contributed by atoms with Crippen LogP contribution in [-0.2, 0) is 0 Å². The highest BCUT2D eigenvalue weighted by Gasteiger charge is 2.07. The number of benzene rings is 1. The molecule has 13 heavy (non-hydrogen) atoms. The Morgan fingerprint density at radius 3 is 2.31 bits per heavy atom.